The van der Waals surface area contributed by atoms with E-state index in [4.69, 9.17) is 4.74 Å². The van der Waals surface area contributed by atoms with E-state index in [1.54, 1.807) is 0 Å². The summed E-state index contributed by atoms with van der Waals surface area (Å²) in [5, 5.41) is 3.53. The lowest BCUT2D eigenvalue weighted by Gasteiger charge is -2.25. The van der Waals surface area contributed by atoms with Crippen LogP contribution in [0.5, 0.6) is 0 Å². The molecule has 1 aliphatic carbocycles. The maximum atomic E-state index is 5.77. The smallest absolute Gasteiger partial charge is 0.0727 e. The number of hydrogen-bond donors (Lipinski definition) is 1. The van der Waals surface area contributed by atoms with Gasteiger partial charge < -0.3 is 10.1 Å². The van der Waals surface area contributed by atoms with Gasteiger partial charge >= 0.3 is 0 Å². The monoisotopic (exact) mass is 185 g/mol. The van der Waals surface area contributed by atoms with Crippen molar-refractivity contribution >= 4 is 0 Å². The van der Waals surface area contributed by atoms with E-state index in [-0.39, 0.29) is 0 Å². The van der Waals surface area contributed by atoms with Crippen molar-refractivity contribution in [1.82, 2.24) is 5.32 Å². The van der Waals surface area contributed by atoms with Gasteiger partial charge in [-0.3, -0.25) is 0 Å². The molecule has 0 aromatic heterocycles. The van der Waals surface area contributed by atoms with Crippen LogP contribution < -0.4 is 5.32 Å². The Kier molecular flexibility index (Phi) is 5.40. The molecule has 0 unspecified atom stereocenters. The van der Waals surface area contributed by atoms with Crippen LogP contribution in [0.15, 0.2) is 0 Å². The number of hydrogen-bond acceptors (Lipinski definition) is 2. The molecule has 0 aromatic rings. The first-order valence-electron chi connectivity index (χ1n) is 5.73. The summed E-state index contributed by atoms with van der Waals surface area (Å²) in [5.74, 6) is 0. The predicted octanol–water partition coefficient (Wildman–Crippen LogP) is 2.33. The second-order valence-electron chi connectivity index (χ2n) is 3.80. The Balaban J connectivity index is 2.40. The quantitative estimate of drug-likeness (QED) is 0.679. The van der Waals surface area contributed by atoms with Crippen LogP contribution in [0.1, 0.15) is 46.0 Å². The Morgan fingerprint density at radius 3 is 2.62 bits per heavy atom. The highest BCUT2D eigenvalue weighted by atomic mass is 16.5. The zero-order valence-corrected chi connectivity index (χ0v) is 9.01. The highest BCUT2D eigenvalue weighted by molar-refractivity contribution is 4.79. The first-order chi connectivity index (χ1) is 6.38. The van der Waals surface area contributed by atoms with E-state index in [0.717, 1.165) is 13.2 Å². The van der Waals surface area contributed by atoms with Crippen molar-refractivity contribution in [3.8, 4) is 0 Å². The van der Waals surface area contributed by atoms with E-state index in [9.17, 15) is 0 Å². The zero-order valence-electron chi connectivity index (χ0n) is 9.01. The van der Waals surface area contributed by atoms with E-state index in [1.165, 1.54) is 32.1 Å². The van der Waals surface area contributed by atoms with Crippen LogP contribution in [0.4, 0.5) is 0 Å². The summed E-state index contributed by atoms with van der Waals surface area (Å²) in [7, 11) is 0. The van der Waals surface area contributed by atoms with Gasteiger partial charge in [0.05, 0.1) is 6.10 Å². The Morgan fingerprint density at radius 1 is 1.15 bits per heavy atom. The second kappa shape index (κ2) is 6.39. The van der Waals surface area contributed by atoms with Crippen LogP contribution >= 0.6 is 0 Å². The Hall–Kier alpha value is -0.0800. The highest BCUT2D eigenvalue weighted by Crippen LogP contribution is 2.20. The number of likely N-dealkylation sites (N-methyl/N-ethyl adjacent to an activating group) is 1. The summed E-state index contributed by atoms with van der Waals surface area (Å²) in [4.78, 5) is 0. The van der Waals surface area contributed by atoms with Gasteiger partial charge in [-0.1, -0.05) is 26.2 Å². The number of rotatable bonds is 4. The molecule has 0 aliphatic heterocycles. The molecule has 2 nitrogen and oxygen atoms in total. The molecule has 78 valence electrons. The molecule has 1 N–H and O–H groups in total. The van der Waals surface area contributed by atoms with Gasteiger partial charge in [0.25, 0.3) is 0 Å². The fourth-order valence-electron chi connectivity index (χ4n) is 2.18. The van der Waals surface area contributed by atoms with Crippen LogP contribution in [0.3, 0.4) is 0 Å². The summed E-state index contributed by atoms with van der Waals surface area (Å²) < 4.78 is 5.77. The van der Waals surface area contributed by atoms with Crippen molar-refractivity contribution in [3.05, 3.63) is 0 Å². The van der Waals surface area contributed by atoms with Crippen LogP contribution in [0.2, 0.25) is 0 Å². The van der Waals surface area contributed by atoms with Crippen molar-refractivity contribution in [2.75, 3.05) is 13.2 Å². The predicted molar refractivity (Wildman–Crippen MR) is 56.0 cm³/mol. The molecule has 2 heteroatoms. The Labute approximate surface area is 82.0 Å². The minimum atomic E-state index is 0.465. The summed E-state index contributed by atoms with van der Waals surface area (Å²) in [6.07, 6.45) is 7.08. The maximum absolute atomic E-state index is 5.77. The van der Waals surface area contributed by atoms with E-state index in [2.05, 4.69) is 19.2 Å². The molecular formula is C11H23NO. The van der Waals surface area contributed by atoms with Crippen LogP contribution in [0.25, 0.3) is 0 Å². The minimum Gasteiger partial charge on any atom is -0.377 e. The van der Waals surface area contributed by atoms with E-state index >= 15 is 0 Å². The topological polar surface area (TPSA) is 21.3 Å². The minimum absolute atomic E-state index is 0.465. The molecular weight excluding hydrogens is 162 g/mol. The Morgan fingerprint density at radius 2 is 1.92 bits per heavy atom. The lowest BCUT2D eigenvalue weighted by Crippen LogP contribution is -2.40. The van der Waals surface area contributed by atoms with Gasteiger partial charge in [0.15, 0.2) is 0 Å². The Bertz CT molecular complexity index is 113. The van der Waals surface area contributed by atoms with Crippen LogP contribution in [-0.4, -0.2) is 25.3 Å². The molecule has 0 saturated heterocycles. The molecule has 13 heavy (non-hydrogen) atoms. The van der Waals surface area contributed by atoms with E-state index in [1.807, 2.05) is 0 Å². The number of nitrogens with one attached hydrogen (secondary N) is 1. The van der Waals surface area contributed by atoms with Crippen molar-refractivity contribution in [2.45, 2.75) is 58.1 Å². The molecule has 1 saturated carbocycles. The van der Waals surface area contributed by atoms with Gasteiger partial charge in [-0.25, -0.2) is 0 Å². The molecule has 0 heterocycles. The van der Waals surface area contributed by atoms with Gasteiger partial charge in [0.1, 0.15) is 0 Å². The first-order valence-corrected chi connectivity index (χ1v) is 5.73. The largest absolute Gasteiger partial charge is 0.377 e. The third-order valence-electron chi connectivity index (χ3n) is 2.80. The third-order valence-corrected chi connectivity index (χ3v) is 2.80. The lowest BCUT2D eigenvalue weighted by molar-refractivity contribution is 0.0306. The molecule has 0 radical (unpaired) electrons. The van der Waals surface area contributed by atoms with E-state index < -0.39 is 0 Å². The average Bonchev–Trinajstić information content (AvgIpc) is 2.33. The van der Waals surface area contributed by atoms with Gasteiger partial charge in [-0.15, -0.1) is 0 Å². The molecule has 1 fully saturated rings. The highest BCUT2D eigenvalue weighted by Gasteiger charge is 2.22. The van der Waals surface area contributed by atoms with Crippen molar-refractivity contribution in [3.63, 3.8) is 0 Å². The van der Waals surface area contributed by atoms with Gasteiger partial charge in [-0.05, 0) is 26.3 Å². The van der Waals surface area contributed by atoms with E-state index in [0.29, 0.717) is 12.1 Å². The molecule has 0 amide bonds. The average molecular weight is 185 g/mol. The maximum Gasteiger partial charge on any atom is 0.0727 e. The van der Waals surface area contributed by atoms with Crippen molar-refractivity contribution < 1.29 is 4.74 Å². The second-order valence-corrected chi connectivity index (χ2v) is 3.80. The van der Waals surface area contributed by atoms with Gasteiger partial charge in [0, 0.05) is 12.6 Å². The fraction of sp³-hybridized carbons (Fsp3) is 1.00. The summed E-state index contributed by atoms with van der Waals surface area (Å²) in [5.41, 5.74) is 0. The van der Waals surface area contributed by atoms with Crippen LogP contribution in [0, 0.1) is 0 Å². The normalized spacial score (nSPS) is 30.0. The summed E-state index contributed by atoms with van der Waals surface area (Å²) in [6.45, 7) is 6.18. The molecule has 1 rings (SSSR count). The standard InChI is InChI=1S/C11H23NO/c1-3-12-10-8-6-5-7-9-11(10)13-4-2/h10-12H,3-9H2,1-2H3/t10-,11+/m1/s1. The SMILES string of the molecule is CCN[C@@H]1CCCCC[C@@H]1OCC. The lowest BCUT2D eigenvalue weighted by atomic mass is 10.1. The third kappa shape index (κ3) is 3.65. The first kappa shape index (κ1) is 11.0. The van der Waals surface area contributed by atoms with Crippen molar-refractivity contribution in [1.29, 1.82) is 0 Å². The van der Waals surface area contributed by atoms with Crippen molar-refractivity contribution in [2.24, 2.45) is 0 Å². The molecule has 0 spiro atoms. The molecule has 1 aliphatic rings. The molecule has 0 bridgehead atoms. The molecule has 0 aromatic carbocycles. The summed E-state index contributed by atoms with van der Waals surface area (Å²) in [6, 6.07) is 0.604. The van der Waals surface area contributed by atoms with Crippen LogP contribution in [-0.2, 0) is 4.74 Å². The van der Waals surface area contributed by atoms with Gasteiger partial charge in [0.2, 0.25) is 0 Å². The molecule has 2 atom stereocenters. The number of ether oxygens (including phenoxy) is 1. The van der Waals surface area contributed by atoms with Gasteiger partial charge in [-0.2, -0.15) is 0 Å². The fourth-order valence-corrected chi connectivity index (χ4v) is 2.18. The zero-order chi connectivity index (χ0) is 9.52. The summed E-state index contributed by atoms with van der Waals surface area (Å²) >= 11 is 0.